The van der Waals surface area contributed by atoms with Crippen molar-refractivity contribution in [2.75, 3.05) is 50.0 Å². The number of ether oxygens (including phenoxy) is 1. The lowest BCUT2D eigenvalue weighted by Crippen LogP contribution is -2.64. The van der Waals surface area contributed by atoms with Gasteiger partial charge in [-0.05, 0) is 19.4 Å². The summed E-state index contributed by atoms with van der Waals surface area (Å²) in [6.07, 6.45) is -8.16. The van der Waals surface area contributed by atoms with Crippen LogP contribution in [-0.4, -0.2) is 95.4 Å². The Labute approximate surface area is 228 Å². The molecule has 0 aromatic carbocycles. The standard InChI is InChI=1S/C23H30F6N6O4S/c1-13(32-16-10-31-33-21(37)19(16)23(27,28)29)12-39-6-2-18(36)34-4-5-35-15(11-34)3-7-40(38)17-8-14(22(24,25)26)9-30-20(17)35/h8-9,13,15-16,19,31-32H,2-7,10-12H2,1H3,(H,33,37)/t13-,15-,16?,19?,40+/m0/s1. The van der Waals surface area contributed by atoms with Gasteiger partial charge in [-0.3, -0.25) is 19.2 Å². The molecule has 4 heterocycles. The molecule has 10 nitrogen and oxygen atoms in total. The van der Waals surface area contributed by atoms with E-state index in [1.165, 1.54) is 0 Å². The predicted molar refractivity (Wildman–Crippen MR) is 130 cm³/mol. The van der Waals surface area contributed by atoms with Gasteiger partial charge in [0.05, 0.1) is 40.9 Å². The number of nitrogens with zero attached hydrogens (tertiary/aromatic N) is 3. The number of anilines is 1. The molecule has 3 N–H and O–H groups in total. The van der Waals surface area contributed by atoms with Gasteiger partial charge in [0.2, 0.25) is 11.8 Å². The van der Waals surface area contributed by atoms with Crippen LogP contribution >= 0.6 is 0 Å². The van der Waals surface area contributed by atoms with Crippen LogP contribution in [0.15, 0.2) is 17.2 Å². The van der Waals surface area contributed by atoms with Crippen LogP contribution in [0, 0.1) is 5.92 Å². The molecular formula is C23H30F6N6O4S. The number of alkyl halides is 6. The normalized spacial score (nSPS) is 26.4. The third-order valence-electron chi connectivity index (χ3n) is 7.05. The van der Waals surface area contributed by atoms with Gasteiger partial charge in [0.25, 0.3) is 0 Å². The van der Waals surface area contributed by atoms with E-state index in [1.54, 1.807) is 11.8 Å². The molecule has 2 saturated heterocycles. The Morgan fingerprint density at radius 1 is 1.27 bits per heavy atom. The number of aromatic nitrogens is 1. The van der Waals surface area contributed by atoms with E-state index < -0.39 is 52.6 Å². The fourth-order valence-corrected chi connectivity index (χ4v) is 6.42. The molecule has 0 saturated carbocycles. The Kier molecular flexibility index (Phi) is 9.26. The van der Waals surface area contributed by atoms with E-state index in [-0.39, 0.29) is 67.7 Å². The van der Waals surface area contributed by atoms with Gasteiger partial charge >= 0.3 is 12.4 Å². The summed E-state index contributed by atoms with van der Waals surface area (Å²) in [6.45, 7) is 2.41. The lowest BCUT2D eigenvalue weighted by atomic mass is 9.96. The van der Waals surface area contributed by atoms with Gasteiger partial charge in [0.15, 0.2) is 5.92 Å². The molecule has 3 aliphatic rings. The lowest BCUT2D eigenvalue weighted by molar-refractivity contribution is -0.193. The molecule has 0 bridgehead atoms. The molecule has 17 heteroatoms. The molecule has 1 aromatic heterocycles. The highest BCUT2D eigenvalue weighted by Gasteiger charge is 2.51. The zero-order valence-corrected chi connectivity index (χ0v) is 22.3. The highest BCUT2D eigenvalue weighted by molar-refractivity contribution is 7.85. The number of piperazine rings is 1. The van der Waals surface area contributed by atoms with E-state index in [1.807, 2.05) is 10.3 Å². The van der Waals surface area contributed by atoms with E-state index in [0.29, 0.717) is 13.0 Å². The topological polar surface area (TPSA) is 116 Å². The molecule has 0 radical (unpaired) electrons. The van der Waals surface area contributed by atoms with Crippen LogP contribution in [0.1, 0.15) is 25.3 Å². The Bertz CT molecular complexity index is 1120. The molecule has 0 spiro atoms. The van der Waals surface area contributed by atoms with Gasteiger partial charge in [0.1, 0.15) is 5.82 Å². The van der Waals surface area contributed by atoms with Crippen molar-refractivity contribution >= 4 is 28.4 Å². The van der Waals surface area contributed by atoms with E-state index in [9.17, 15) is 40.1 Å². The minimum atomic E-state index is -4.71. The van der Waals surface area contributed by atoms with Crippen LogP contribution in [0.4, 0.5) is 32.2 Å². The monoisotopic (exact) mass is 600 g/mol. The highest BCUT2D eigenvalue weighted by Crippen LogP contribution is 2.36. The molecule has 2 fully saturated rings. The lowest BCUT2D eigenvalue weighted by Gasteiger charge is -2.41. The largest absolute Gasteiger partial charge is 0.417 e. The molecule has 40 heavy (non-hydrogen) atoms. The number of pyridine rings is 1. The zero-order chi connectivity index (χ0) is 29.2. The summed E-state index contributed by atoms with van der Waals surface area (Å²) in [6, 6.07) is -1.09. The predicted octanol–water partition coefficient (Wildman–Crippen LogP) is 1.20. The van der Waals surface area contributed by atoms with Crippen molar-refractivity contribution in [2.24, 2.45) is 5.92 Å². The summed E-state index contributed by atoms with van der Waals surface area (Å²) in [4.78, 5) is 31.9. The third kappa shape index (κ3) is 7.03. The molecule has 1 aromatic rings. The second-order valence-electron chi connectivity index (χ2n) is 9.96. The number of fused-ring (bicyclic) bond motifs is 3. The average Bonchev–Trinajstić information content (AvgIpc) is 3.01. The third-order valence-corrected chi connectivity index (χ3v) is 8.44. The van der Waals surface area contributed by atoms with Crippen LogP contribution in [0.3, 0.4) is 0 Å². The van der Waals surface area contributed by atoms with Gasteiger partial charge in [-0.15, -0.1) is 0 Å². The van der Waals surface area contributed by atoms with Crippen LogP contribution in [0.2, 0.25) is 0 Å². The zero-order valence-electron chi connectivity index (χ0n) is 21.5. The van der Waals surface area contributed by atoms with Gasteiger partial charge in [0, 0.05) is 56.3 Å². The maximum Gasteiger partial charge on any atom is 0.417 e. The molecule has 2 unspecified atom stereocenters. The van der Waals surface area contributed by atoms with E-state index >= 15 is 0 Å². The van der Waals surface area contributed by atoms with Crippen molar-refractivity contribution in [1.82, 2.24) is 26.1 Å². The first-order valence-corrected chi connectivity index (χ1v) is 14.0. The minimum absolute atomic E-state index is 0.0144. The quantitative estimate of drug-likeness (QED) is 0.316. The molecule has 2 amide bonds. The summed E-state index contributed by atoms with van der Waals surface area (Å²) in [5.74, 6) is -3.20. The second-order valence-corrected chi connectivity index (χ2v) is 11.5. The first-order valence-electron chi connectivity index (χ1n) is 12.7. The minimum Gasteiger partial charge on any atom is -0.379 e. The van der Waals surface area contributed by atoms with Crippen LogP contribution < -0.4 is 21.1 Å². The number of hydrazine groups is 1. The number of rotatable bonds is 7. The van der Waals surface area contributed by atoms with Crippen molar-refractivity contribution in [3.05, 3.63) is 17.8 Å². The molecule has 224 valence electrons. The van der Waals surface area contributed by atoms with E-state index in [0.717, 1.165) is 12.3 Å². The molecule has 4 rings (SSSR count). The molecule has 3 aliphatic heterocycles. The number of hydrogen-bond donors (Lipinski definition) is 3. The number of amides is 2. The number of hydrogen-bond acceptors (Lipinski definition) is 8. The Balaban J connectivity index is 1.26. The first-order chi connectivity index (χ1) is 18.8. The van der Waals surface area contributed by atoms with Gasteiger partial charge in [-0.1, -0.05) is 0 Å². The van der Waals surface area contributed by atoms with Gasteiger partial charge < -0.3 is 19.9 Å². The molecule has 5 atom stereocenters. The average molecular weight is 601 g/mol. The number of carbonyl (C=O) groups excluding carboxylic acids is 2. The van der Waals surface area contributed by atoms with Crippen LogP contribution in [-0.2, 0) is 31.3 Å². The smallest absolute Gasteiger partial charge is 0.379 e. The van der Waals surface area contributed by atoms with Crippen molar-refractivity contribution in [2.45, 2.75) is 55.1 Å². The Hall–Kier alpha value is -2.50. The summed E-state index contributed by atoms with van der Waals surface area (Å²) in [5, 5.41) is 2.76. The van der Waals surface area contributed by atoms with Crippen molar-refractivity contribution in [3.63, 3.8) is 0 Å². The maximum absolute atomic E-state index is 13.3. The SMILES string of the molecule is C[C@@H](COCCC(=O)N1CCN2c3ncc(C(F)(F)F)cc3[S@](=O)CC[C@H]2C1)NC1CNNC(=O)C1C(F)(F)F. The van der Waals surface area contributed by atoms with Crippen molar-refractivity contribution < 1.29 is 44.9 Å². The highest BCUT2D eigenvalue weighted by atomic mass is 32.2. The summed E-state index contributed by atoms with van der Waals surface area (Å²) in [7, 11) is -1.66. The number of halogens is 6. The number of carbonyl (C=O) groups is 2. The summed E-state index contributed by atoms with van der Waals surface area (Å²) >= 11 is 0. The van der Waals surface area contributed by atoms with Crippen LogP contribution in [0.25, 0.3) is 0 Å². The summed E-state index contributed by atoms with van der Waals surface area (Å²) < 4.78 is 97.4. The van der Waals surface area contributed by atoms with Gasteiger partial charge in [-0.25, -0.2) is 10.4 Å². The van der Waals surface area contributed by atoms with Gasteiger partial charge in [-0.2, -0.15) is 26.3 Å². The maximum atomic E-state index is 13.3. The fraction of sp³-hybridized carbons (Fsp3) is 0.696. The Morgan fingerprint density at radius 3 is 2.73 bits per heavy atom. The summed E-state index contributed by atoms with van der Waals surface area (Å²) in [5.41, 5.74) is 3.46. The Morgan fingerprint density at radius 2 is 2.02 bits per heavy atom. The molecular weight excluding hydrogens is 570 g/mol. The van der Waals surface area contributed by atoms with E-state index in [2.05, 4.69) is 15.7 Å². The fourth-order valence-electron chi connectivity index (χ4n) is 5.09. The second kappa shape index (κ2) is 12.2. The van der Waals surface area contributed by atoms with Crippen molar-refractivity contribution in [1.29, 1.82) is 0 Å². The first kappa shape index (κ1) is 30.5. The van der Waals surface area contributed by atoms with E-state index in [4.69, 9.17) is 4.74 Å². The number of nitrogens with one attached hydrogen (secondary N) is 3. The van der Waals surface area contributed by atoms with Crippen LogP contribution in [0.5, 0.6) is 0 Å². The van der Waals surface area contributed by atoms with Crippen molar-refractivity contribution in [3.8, 4) is 0 Å². The molecule has 0 aliphatic carbocycles.